The molecule has 3 aromatic carbocycles. The zero-order valence-electron chi connectivity index (χ0n) is 14.3. The zero-order chi connectivity index (χ0) is 18.4. The van der Waals surface area contributed by atoms with Gasteiger partial charge in [0.05, 0.1) is 11.8 Å². The second kappa shape index (κ2) is 6.80. The van der Waals surface area contributed by atoms with E-state index < -0.39 is 0 Å². The van der Waals surface area contributed by atoms with E-state index in [1.807, 2.05) is 18.2 Å². The third-order valence-electron chi connectivity index (χ3n) is 5.01. The molecule has 3 nitrogen and oxygen atoms in total. The molecule has 0 bridgehead atoms. The lowest BCUT2D eigenvalue weighted by atomic mass is 9.96. The van der Waals surface area contributed by atoms with Crippen molar-refractivity contribution in [3.8, 4) is 5.75 Å². The van der Waals surface area contributed by atoms with Crippen LogP contribution in [0.15, 0.2) is 86.8 Å². The predicted octanol–water partition coefficient (Wildman–Crippen LogP) is 6.45. The maximum atomic E-state index is 6.38. The average Bonchev–Trinajstić information content (AvgIpc) is 3.13. The highest BCUT2D eigenvalue weighted by Gasteiger charge is 2.40. The van der Waals surface area contributed by atoms with Gasteiger partial charge in [-0.05, 0) is 35.9 Å². The summed E-state index contributed by atoms with van der Waals surface area (Å²) in [5.74, 6) is 0.941. The van der Waals surface area contributed by atoms with Crippen LogP contribution in [-0.2, 0) is 0 Å². The molecule has 0 aromatic heterocycles. The second-order valence-corrected chi connectivity index (χ2v) is 8.55. The normalized spacial score (nSPS) is 20.5. The molecule has 27 heavy (non-hydrogen) atoms. The molecule has 0 amide bonds. The maximum Gasteiger partial charge on any atom is 0.213 e. The van der Waals surface area contributed by atoms with E-state index in [9.17, 15) is 0 Å². The van der Waals surface area contributed by atoms with Crippen molar-refractivity contribution in [3.63, 3.8) is 0 Å². The minimum Gasteiger partial charge on any atom is -0.464 e. The molecule has 0 radical (unpaired) electrons. The van der Waals surface area contributed by atoms with Gasteiger partial charge in [0, 0.05) is 26.5 Å². The van der Waals surface area contributed by atoms with Gasteiger partial charge in [-0.1, -0.05) is 74.3 Å². The fourth-order valence-corrected chi connectivity index (χ4v) is 4.41. The molecule has 0 N–H and O–H groups in total. The molecular weight excluding hydrogens is 468 g/mol. The number of hydrazone groups is 1. The van der Waals surface area contributed by atoms with Crippen molar-refractivity contribution >= 4 is 37.6 Å². The molecule has 0 unspecified atom stereocenters. The van der Waals surface area contributed by atoms with Crippen LogP contribution in [0.2, 0.25) is 0 Å². The number of halogens is 2. The summed E-state index contributed by atoms with van der Waals surface area (Å²) in [4.78, 5) is 0. The van der Waals surface area contributed by atoms with E-state index in [0.29, 0.717) is 0 Å². The highest BCUT2D eigenvalue weighted by atomic mass is 79.9. The van der Waals surface area contributed by atoms with Crippen LogP contribution in [0, 0.1) is 0 Å². The molecule has 5 rings (SSSR count). The number of ether oxygens (including phenoxy) is 1. The molecule has 0 fully saturated rings. The van der Waals surface area contributed by atoms with Gasteiger partial charge >= 0.3 is 0 Å². The average molecular weight is 484 g/mol. The second-order valence-electron chi connectivity index (χ2n) is 6.72. The number of rotatable bonds is 2. The zero-order valence-corrected chi connectivity index (χ0v) is 17.5. The molecule has 5 heteroatoms. The van der Waals surface area contributed by atoms with Crippen molar-refractivity contribution in [2.24, 2.45) is 5.10 Å². The lowest BCUT2D eigenvalue weighted by Crippen LogP contribution is -2.33. The van der Waals surface area contributed by atoms with Gasteiger partial charge in [0.15, 0.2) is 0 Å². The smallest absolute Gasteiger partial charge is 0.213 e. The highest BCUT2D eigenvalue weighted by Crippen LogP contribution is 2.47. The van der Waals surface area contributed by atoms with Crippen LogP contribution < -0.4 is 4.74 Å². The minimum atomic E-state index is -0.240. The number of para-hydroxylation sites is 1. The van der Waals surface area contributed by atoms with Gasteiger partial charge in [0.2, 0.25) is 6.23 Å². The van der Waals surface area contributed by atoms with Crippen LogP contribution in [0.4, 0.5) is 0 Å². The van der Waals surface area contributed by atoms with Gasteiger partial charge in [-0.25, -0.2) is 5.01 Å². The van der Waals surface area contributed by atoms with Crippen molar-refractivity contribution in [2.75, 3.05) is 0 Å². The topological polar surface area (TPSA) is 24.8 Å². The summed E-state index contributed by atoms with van der Waals surface area (Å²) in [5.41, 5.74) is 4.52. The van der Waals surface area contributed by atoms with Crippen molar-refractivity contribution < 1.29 is 4.74 Å². The lowest BCUT2D eigenvalue weighted by Gasteiger charge is -2.38. The number of fused-ring (bicyclic) bond motifs is 3. The molecule has 0 spiro atoms. The van der Waals surface area contributed by atoms with Gasteiger partial charge in [-0.2, -0.15) is 5.10 Å². The summed E-state index contributed by atoms with van der Waals surface area (Å²) in [7, 11) is 0. The van der Waals surface area contributed by atoms with Crippen LogP contribution in [0.5, 0.6) is 5.75 Å². The Morgan fingerprint density at radius 3 is 2.52 bits per heavy atom. The lowest BCUT2D eigenvalue weighted by molar-refractivity contribution is -0.0190. The van der Waals surface area contributed by atoms with Crippen molar-refractivity contribution in [3.05, 3.63) is 98.4 Å². The number of nitrogens with zero attached hydrogens (tertiary/aromatic N) is 2. The summed E-state index contributed by atoms with van der Waals surface area (Å²) in [6.45, 7) is 0. The van der Waals surface area contributed by atoms with Crippen LogP contribution >= 0.6 is 31.9 Å². The number of benzene rings is 3. The molecule has 2 atom stereocenters. The molecule has 134 valence electrons. The summed E-state index contributed by atoms with van der Waals surface area (Å²) in [5, 5.41) is 7.10. The predicted molar refractivity (Wildman–Crippen MR) is 114 cm³/mol. The fraction of sp³-hybridized carbons (Fsp3) is 0.136. The third kappa shape index (κ3) is 3.09. The van der Waals surface area contributed by atoms with Crippen molar-refractivity contribution in [1.29, 1.82) is 0 Å². The van der Waals surface area contributed by atoms with Crippen molar-refractivity contribution in [1.82, 2.24) is 5.01 Å². The molecule has 2 heterocycles. The molecule has 0 saturated carbocycles. The Morgan fingerprint density at radius 2 is 1.70 bits per heavy atom. The quantitative estimate of drug-likeness (QED) is 0.418. The van der Waals surface area contributed by atoms with E-state index >= 15 is 0 Å². The van der Waals surface area contributed by atoms with E-state index in [1.165, 1.54) is 5.56 Å². The summed E-state index contributed by atoms with van der Waals surface area (Å²) < 4.78 is 8.49. The van der Waals surface area contributed by atoms with Crippen LogP contribution in [-0.4, -0.2) is 10.7 Å². The van der Waals surface area contributed by atoms with Crippen molar-refractivity contribution in [2.45, 2.75) is 18.7 Å². The standard InChI is InChI=1S/C22H16Br2N2O/c23-16-10-8-14(9-11-16)19-13-20-18-6-1-2-7-21(18)27-22(26(20)25-19)15-4-3-5-17(24)12-15/h1-12,20,22H,13H2/t20-,22-/m0/s1. The molecular formula is C22H16Br2N2O. The van der Waals surface area contributed by atoms with Gasteiger partial charge in [0.25, 0.3) is 0 Å². The first kappa shape index (κ1) is 17.0. The minimum absolute atomic E-state index is 0.178. The fourth-order valence-electron chi connectivity index (χ4n) is 3.73. The molecule has 3 aromatic rings. The first-order chi connectivity index (χ1) is 13.2. The SMILES string of the molecule is Brc1ccc(C2=NN3[C@@H](C2)c2ccccc2O[C@H]3c2cccc(Br)c2)cc1. The largest absolute Gasteiger partial charge is 0.464 e. The van der Waals surface area contributed by atoms with Crippen LogP contribution in [0.3, 0.4) is 0 Å². The third-order valence-corrected chi connectivity index (χ3v) is 6.03. The first-order valence-electron chi connectivity index (χ1n) is 8.82. The van der Waals surface area contributed by atoms with Crippen LogP contribution in [0.1, 0.15) is 35.4 Å². The maximum absolute atomic E-state index is 6.38. The first-order valence-corrected chi connectivity index (χ1v) is 10.4. The highest BCUT2D eigenvalue weighted by molar-refractivity contribution is 9.10. The Balaban J connectivity index is 1.60. The molecule has 0 saturated heterocycles. The van der Waals surface area contributed by atoms with Gasteiger partial charge < -0.3 is 4.74 Å². The molecule has 2 aliphatic rings. The summed E-state index contributed by atoms with van der Waals surface area (Å²) in [6.07, 6.45) is 0.627. The summed E-state index contributed by atoms with van der Waals surface area (Å²) >= 11 is 7.08. The van der Waals surface area contributed by atoms with E-state index in [-0.39, 0.29) is 12.3 Å². The van der Waals surface area contributed by atoms with E-state index in [4.69, 9.17) is 9.84 Å². The van der Waals surface area contributed by atoms with Crippen LogP contribution in [0.25, 0.3) is 0 Å². The van der Waals surface area contributed by atoms with E-state index in [0.717, 1.165) is 38.0 Å². The van der Waals surface area contributed by atoms with Gasteiger partial charge in [0.1, 0.15) is 5.75 Å². The van der Waals surface area contributed by atoms with E-state index in [2.05, 4.69) is 91.5 Å². The molecule has 2 aliphatic heterocycles. The Labute approximate surface area is 174 Å². The Bertz CT molecular complexity index is 1030. The monoisotopic (exact) mass is 482 g/mol. The molecule has 0 aliphatic carbocycles. The Hall–Kier alpha value is -2.11. The number of hydrogen-bond donors (Lipinski definition) is 0. The van der Waals surface area contributed by atoms with Gasteiger partial charge in [-0.3, -0.25) is 0 Å². The van der Waals surface area contributed by atoms with Gasteiger partial charge in [-0.15, -0.1) is 0 Å². The van der Waals surface area contributed by atoms with E-state index in [1.54, 1.807) is 0 Å². The number of hydrogen-bond acceptors (Lipinski definition) is 3. The Morgan fingerprint density at radius 1 is 0.889 bits per heavy atom. The summed E-state index contributed by atoms with van der Waals surface area (Å²) in [6, 6.07) is 25.1. The Kier molecular flexibility index (Phi) is 4.29.